The predicted octanol–water partition coefficient (Wildman–Crippen LogP) is 3.02. The molecule has 1 atom stereocenters. The highest BCUT2D eigenvalue weighted by atomic mass is 35.5. The molecule has 0 aliphatic carbocycles. The highest BCUT2D eigenvalue weighted by Gasteiger charge is 2.22. The molecule has 0 aliphatic rings. The van der Waals surface area contributed by atoms with Gasteiger partial charge in [0.25, 0.3) is 0 Å². The standard InChI is InChI=1S/C16H19ClN2O3/c1-3-21-8-9-22-16(20)15(10-18)12(2)19-11-13-4-6-14(17)7-5-13/h4-7,15H,3,8-9,11H2,1-2H3. The van der Waals surface area contributed by atoms with Crippen LogP contribution in [0.25, 0.3) is 0 Å². The molecule has 0 bridgehead atoms. The molecule has 0 radical (unpaired) electrons. The summed E-state index contributed by atoms with van der Waals surface area (Å²) in [5.74, 6) is -1.59. The molecule has 0 saturated heterocycles. The molecule has 0 N–H and O–H groups in total. The van der Waals surface area contributed by atoms with Crippen LogP contribution in [0.1, 0.15) is 19.4 Å². The van der Waals surface area contributed by atoms with Gasteiger partial charge in [-0.25, -0.2) is 0 Å². The van der Waals surface area contributed by atoms with Gasteiger partial charge in [-0.1, -0.05) is 23.7 Å². The second kappa shape index (κ2) is 9.93. The quantitative estimate of drug-likeness (QED) is 0.419. The van der Waals surface area contributed by atoms with Gasteiger partial charge in [0, 0.05) is 17.3 Å². The number of hydrogen-bond acceptors (Lipinski definition) is 5. The van der Waals surface area contributed by atoms with Crippen molar-refractivity contribution in [3.8, 4) is 6.07 Å². The molecule has 5 nitrogen and oxygen atoms in total. The number of rotatable bonds is 8. The minimum Gasteiger partial charge on any atom is -0.462 e. The number of hydrogen-bond donors (Lipinski definition) is 0. The molecule has 0 heterocycles. The van der Waals surface area contributed by atoms with Crippen molar-refractivity contribution >= 4 is 23.3 Å². The van der Waals surface area contributed by atoms with Crippen LogP contribution in [0.2, 0.25) is 5.02 Å². The smallest absolute Gasteiger partial charge is 0.329 e. The van der Waals surface area contributed by atoms with Gasteiger partial charge in [0.1, 0.15) is 6.61 Å². The summed E-state index contributed by atoms with van der Waals surface area (Å²) in [6, 6.07) is 9.16. The number of esters is 1. The lowest BCUT2D eigenvalue weighted by atomic mass is 10.1. The van der Waals surface area contributed by atoms with Crippen molar-refractivity contribution in [2.24, 2.45) is 10.9 Å². The maximum Gasteiger partial charge on any atom is 0.329 e. The van der Waals surface area contributed by atoms with E-state index in [0.717, 1.165) is 5.56 Å². The van der Waals surface area contributed by atoms with Crippen molar-refractivity contribution in [3.63, 3.8) is 0 Å². The number of carbonyl (C=O) groups excluding carboxylic acids is 1. The fraction of sp³-hybridized carbons (Fsp3) is 0.438. The first-order valence-electron chi connectivity index (χ1n) is 6.97. The summed E-state index contributed by atoms with van der Waals surface area (Å²) in [5.41, 5.74) is 1.38. The molecule has 0 amide bonds. The number of halogens is 1. The van der Waals surface area contributed by atoms with Crippen LogP contribution in [0.3, 0.4) is 0 Å². The molecular formula is C16H19ClN2O3. The van der Waals surface area contributed by atoms with Gasteiger partial charge in [-0.05, 0) is 31.5 Å². The van der Waals surface area contributed by atoms with Crippen LogP contribution in [-0.2, 0) is 20.8 Å². The van der Waals surface area contributed by atoms with Crippen molar-refractivity contribution in [3.05, 3.63) is 34.9 Å². The zero-order valence-corrected chi connectivity index (χ0v) is 13.5. The van der Waals surface area contributed by atoms with Gasteiger partial charge < -0.3 is 9.47 Å². The number of carbonyl (C=O) groups is 1. The highest BCUT2D eigenvalue weighted by Crippen LogP contribution is 2.11. The van der Waals surface area contributed by atoms with Crippen LogP contribution < -0.4 is 0 Å². The second-order valence-electron chi connectivity index (χ2n) is 4.51. The number of benzene rings is 1. The van der Waals surface area contributed by atoms with Crippen LogP contribution in [0.15, 0.2) is 29.3 Å². The number of ether oxygens (including phenoxy) is 2. The monoisotopic (exact) mass is 322 g/mol. The van der Waals surface area contributed by atoms with E-state index >= 15 is 0 Å². The molecule has 1 rings (SSSR count). The molecule has 6 heteroatoms. The number of nitrogens with zero attached hydrogens (tertiary/aromatic N) is 2. The largest absolute Gasteiger partial charge is 0.462 e. The minimum absolute atomic E-state index is 0.134. The maximum atomic E-state index is 11.8. The van der Waals surface area contributed by atoms with Crippen LogP contribution >= 0.6 is 11.6 Å². The van der Waals surface area contributed by atoms with Gasteiger partial charge in [0.15, 0.2) is 5.92 Å². The summed E-state index contributed by atoms with van der Waals surface area (Å²) in [6.45, 7) is 4.89. The zero-order valence-electron chi connectivity index (χ0n) is 12.7. The van der Waals surface area contributed by atoms with Gasteiger partial charge in [-0.3, -0.25) is 9.79 Å². The Kier molecular flexibility index (Phi) is 8.19. The molecule has 1 unspecified atom stereocenters. The highest BCUT2D eigenvalue weighted by molar-refractivity contribution is 6.30. The molecule has 1 aromatic rings. The van der Waals surface area contributed by atoms with Crippen molar-refractivity contribution in [1.29, 1.82) is 5.26 Å². The van der Waals surface area contributed by atoms with E-state index in [1.165, 1.54) is 0 Å². The lowest BCUT2D eigenvalue weighted by molar-refractivity contribution is -0.146. The lowest BCUT2D eigenvalue weighted by Crippen LogP contribution is -2.24. The fourth-order valence-electron chi connectivity index (χ4n) is 1.64. The molecule has 0 aliphatic heterocycles. The molecular weight excluding hydrogens is 304 g/mol. The Morgan fingerprint density at radius 2 is 2.05 bits per heavy atom. The zero-order chi connectivity index (χ0) is 16.4. The van der Waals surface area contributed by atoms with E-state index in [9.17, 15) is 4.79 Å². The van der Waals surface area contributed by atoms with Gasteiger partial charge in [0.05, 0.1) is 19.2 Å². The SMILES string of the molecule is CCOCCOC(=O)C(C#N)C(C)=NCc1ccc(Cl)cc1. The van der Waals surface area contributed by atoms with E-state index in [-0.39, 0.29) is 6.61 Å². The van der Waals surface area contributed by atoms with E-state index in [0.29, 0.717) is 30.5 Å². The van der Waals surface area contributed by atoms with Crippen molar-refractivity contribution in [2.75, 3.05) is 19.8 Å². The Morgan fingerprint density at radius 1 is 1.36 bits per heavy atom. The average Bonchev–Trinajstić information content (AvgIpc) is 2.52. The summed E-state index contributed by atoms with van der Waals surface area (Å²) in [7, 11) is 0. The summed E-state index contributed by atoms with van der Waals surface area (Å²) in [5, 5.41) is 9.77. The summed E-state index contributed by atoms with van der Waals surface area (Å²) < 4.78 is 10.1. The topological polar surface area (TPSA) is 71.7 Å². The summed E-state index contributed by atoms with van der Waals surface area (Å²) in [6.07, 6.45) is 0. The third-order valence-electron chi connectivity index (χ3n) is 2.88. The first-order valence-corrected chi connectivity index (χ1v) is 7.35. The third-order valence-corrected chi connectivity index (χ3v) is 3.13. The van der Waals surface area contributed by atoms with Crippen molar-refractivity contribution < 1.29 is 14.3 Å². The van der Waals surface area contributed by atoms with E-state index in [1.54, 1.807) is 19.1 Å². The number of aliphatic imine (C=N–C) groups is 1. The molecule has 22 heavy (non-hydrogen) atoms. The maximum absolute atomic E-state index is 11.8. The Balaban J connectivity index is 2.57. The Bertz CT molecular complexity index is 550. The second-order valence-corrected chi connectivity index (χ2v) is 4.95. The van der Waals surface area contributed by atoms with Crippen molar-refractivity contribution in [1.82, 2.24) is 0 Å². The van der Waals surface area contributed by atoms with Gasteiger partial charge >= 0.3 is 5.97 Å². The first-order chi connectivity index (χ1) is 10.6. The first kappa shape index (κ1) is 18.1. The lowest BCUT2D eigenvalue weighted by Gasteiger charge is -2.09. The minimum atomic E-state index is -0.992. The third kappa shape index (κ3) is 6.25. The van der Waals surface area contributed by atoms with Gasteiger partial charge in [-0.15, -0.1) is 0 Å². The van der Waals surface area contributed by atoms with Gasteiger partial charge in [0.2, 0.25) is 0 Å². The Morgan fingerprint density at radius 3 is 2.64 bits per heavy atom. The molecule has 0 spiro atoms. The summed E-state index contributed by atoms with van der Waals surface area (Å²) in [4.78, 5) is 16.1. The van der Waals surface area contributed by atoms with E-state index in [4.69, 9.17) is 26.3 Å². The average molecular weight is 323 g/mol. The van der Waals surface area contributed by atoms with Crippen LogP contribution in [-0.4, -0.2) is 31.5 Å². The predicted molar refractivity (Wildman–Crippen MR) is 84.8 cm³/mol. The molecule has 0 saturated carbocycles. The summed E-state index contributed by atoms with van der Waals surface area (Å²) >= 11 is 5.81. The van der Waals surface area contributed by atoms with Crippen LogP contribution in [0, 0.1) is 17.2 Å². The Labute approximate surface area is 135 Å². The van der Waals surface area contributed by atoms with Crippen LogP contribution in [0.4, 0.5) is 0 Å². The van der Waals surface area contributed by atoms with Crippen LogP contribution in [0.5, 0.6) is 0 Å². The van der Waals surface area contributed by atoms with E-state index in [1.807, 2.05) is 25.1 Å². The van der Waals surface area contributed by atoms with E-state index < -0.39 is 11.9 Å². The molecule has 0 fully saturated rings. The molecule has 0 aromatic heterocycles. The number of nitriles is 1. The molecule has 1 aromatic carbocycles. The normalized spacial score (nSPS) is 12.5. The van der Waals surface area contributed by atoms with Crippen molar-refractivity contribution in [2.45, 2.75) is 20.4 Å². The van der Waals surface area contributed by atoms with E-state index in [2.05, 4.69) is 4.99 Å². The van der Waals surface area contributed by atoms with Gasteiger partial charge in [-0.2, -0.15) is 5.26 Å². The Hall–Kier alpha value is -1.90. The fourth-order valence-corrected chi connectivity index (χ4v) is 1.77. The molecule has 118 valence electrons.